The van der Waals surface area contributed by atoms with Crippen LogP contribution in [0.3, 0.4) is 0 Å². The van der Waals surface area contributed by atoms with Gasteiger partial charge in [-0.2, -0.15) is 0 Å². The molecule has 0 saturated heterocycles. The average Bonchev–Trinajstić information content (AvgIpc) is 3.29. The van der Waals surface area contributed by atoms with Crippen LogP contribution in [-0.4, -0.2) is 37.2 Å². The molecule has 6 heteroatoms. The summed E-state index contributed by atoms with van der Waals surface area (Å²) in [5.41, 5.74) is 0. The molecule has 0 fully saturated rings. The van der Waals surface area contributed by atoms with Crippen molar-refractivity contribution >= 4 is 17.9 Å². The first-order valence-electron chi connectivity index (χ1n) is 28.3. The topological polar surface area (TPSA) is 78.9 Å². The standard InChI is InChI=1S/C58H108O6/c1-4-7-10-13-16-19-22-25-27-29-31-33-36-39-42-45-48-51-57(60)63-54-55(53-62-56(59)50-47-44-41-38-35-32-24-21-18-15-12-9-6-3)64-58(61)52-49-46-43-40-37-34-30-28-26-23-20-17-14-11-8-5-2/h21,24-25,27,55H,4-20,22-23,26,28-54H2,1-3H3/b24-21+,27-25+/t55-/m1/s1. The van der Waals surface area contributed by atoms with E-state index in [0.29, 0.717) is 19.3 Å². The van der Waals surface area contributed by atoms with Gasteiger partial charge in [0.2, 0.25) is 0 Å². The lowest BCUT2D eigenvalue weighted by Crippen LogP contribution is -2.30. The molecular formula is C58H108O6. The molecule has 0 aliphatic rings. The normalized spacial score (nSPS) is 12.1. The molecule has 0 aromatic rings. The van der Waals surface area contributed by atoms with Crippen molar-refractivity contribution < 1.29 is 28.6 Å². The van der Waals surface area contributed by atoms with Gasteiger partial charge in [0.25, 0.3) is 0 Å². The van der Waals surface area contributed by atoms with Gasteiger partial charge < -0.3 is 14.2 Å². The Morgan fingerprint density at radius 3 is 0.797 bits per heavy atom. The molecule has 64 heavy (non-hydrogen) atoms. The van der Waals surface area contributed by atoms with Crippen LogP contribution in [-0.2, 0) is 28.6 Å². The number of carbonyl (C=O) groups excluding carboxylic acids is 3. The zero-order chi connectivity index (χ0) is 46.5. The van der Waals surface area contributed by atoms with E-state index in [1.807, 2.05) is 0 Å². The molecule has 1 atom stereocenters. The Kier molecular flexibility index (Phi) is 51.7. The monoisotopic (exact) mass is 901 g/mol. The van der Waals surface area contributed by atoms with Crippen LogP contribution >= 0.6 is 0 Å². The van der Waals surface area contributed by atoms with Crippen LogP contribution in [0.15, 0.2) is 24.3 Å². The van der Waals surface area contributed by atoms with Gasteiger partial charge in [-0.1, -0.05) is 244 Å². The van der Waals surface area contributed by atoms with Gasteiger partial charge in [0.05, 0.1) is 0 Å². The van der Waals surface area contributed by atoms with Crippen LogP contribution in [0.25, 0.3) is 0 Å². The second-order valence-corrected chi connectivity index (χ2v) is 19.2. The van der Waals surface area contributed by atoms with Crippen molar-refractivity contribution in [3.63, 3.8) is 0 Å². The molecule has 0 bridgehead atoms. The molecule has 0 radical (unpaired) electrons. The minimum atomic E-state index is -0.772. The highest BCUT2D eigenvalue weighted by atomic mass is 16.6. The Labute approximate surface area is 398 Å². The smallest absolute Gasteiger partial charge is 0.306 e. The molecule has 0 amide bonds. The molecular weight excluding hydrogens is 793 g/mol. The van der Waals surface area contributed by atoms with Crippen molar-refractivity contribution in [2.75, 3.05) is 13.2 Å². The van der Waals surface area contributed by atoms with E-state index in [2.05, 4.69) is 45.1 Å². The Bertz CT molecular complexity index is 1040. The second-order valence-electron chi connectivity index (χ2n) is 19.2. The van der Waals surface area contributed by atoms with Gasteiger partial charge in [-0.3, -0.25) is 14.4 Å². The molecule has 0 rings (SSSR count). The van der Waals surface area contributed by atoms with Crippen molar-refractivity contribution in [2.24, 2.45) is 0 Å². The Morgan fingerprint density at radius 2 is 0.516 bits per heavy atom. The maximum Gasteiger partial charge on any atom is 0.306 e. The van der Waals surface area contributed by atoms with E-state index < -0.39 is 6.10 Å². The van der Waals surface area contributed by atoms with Crippen LogP contribution in [0.4, 0.5) is 0 Å². The van der Waals surface area contributed by atoms with Crippen molar-refractivity contribution in [3.05, 3.63) is 24.3 Å². The molecule has 0 aliphatic carbocycles. The third-order valence-corrected chi connectivity index (χ3v) is 12.7. The average molecular weight is 901 g/mol. The van der Waals surface area contributed by atoms with E-state index in [9.17, 15) is 14.4 Å². The third-order valence-electron chi connectivity index (χ3n) is 12.7. The Hall–Kier alpha value is -2.11. The fourth-order valence-electron chi connectivity index (χ4n) is 8.37. The van der Waals surface area contributed by atoms with Gasteiger partial charge in [-0.25, -0.2) is 0 Å². The number of hydrogen-bond donors (Lipinski definition) is 0. The molecule has 0 aromatic heterocycles. The molecule has 0 unspecified atom stereocenters. The predicted molar refractivity (Wildman–Crippen MR) is 275 cm³/mol. The van der Waals surface area contributed by atoms with Gasteiger partial charge in [0.15, 0.2) is 6.10 Å². The predicted octanol–water partition coefficient (Wildman–Crippen LogP) is 18.7. The summed E-state index contributed by atoms with van der Waals surface area (Å²) in [6.45, 7) is 6.65. The van der Waals surface area contributed by atoms with Crippen molar-refractivity contribution in [1.82, 2.24) is 0 Å². The highest BCUT2D eigenvalue weighted by Gasteiger charge is 2.19. The number of rotatable bonds is 52. The molecule has 0 aliphatic heterocycles. The molecule has 0 spiro atoms. The summed E-state index contributed by atoms with van der Waals surface area (Å²) in [6.07, 6.45) is 61.6. The molecule has 376 valence electrons. The number of allylic oxidation sites excluding steroid dienone is 4. The fraction of sp³-hybridized carbons (Fsp3) is 0.879. The van der Waals surface area contributed by atoms with E-state index >= 15 is 0 Å². The number of carbonyl (C=O) groups is 3. The van der Waals surface area contributed by atoms with Gasteiger partial charge in [0, 0.05) is 19.3 Å². The minimum Gasteiger partial charge on any atom is -0.462 e. The largest absolute Gasteiger partial charge is 0.462 e. The number of esters is 3. The summed E-state index contributed by atoms with van der Waals surface area (Å²) in [5, 5.41) is 0. The van der Waals surface area contributed by atoms with Gasteiger partial charge in [-0.15, -0.1) is 0 Å². The van der Waals surface area contributed by atoms with Crippen molar-refractivity contribution in [2.45, 2.75) is 316 Å². The quantitative estimate of drug-likeness (QED) is 0.0262. The summed E-state index contributed by atoms with van der Waals surface area (Å²) >= 11 is 0. The molecule has 6 nitrogen and oxygen atoms in total. The first-order valence-corrected chi connectivity index (χ1v) is 28.3. The molecule has 0 saturated carbocycles. The van der Waals surface area contributed by atoms with Gasteiger partial charge in [0.1, 0.15) is 13.2 Å². The van der Waals surface area contributed by atoms with E-state index in [1.54, 1.807) is 0 Å². The maximum atomic E-state index is 12.8. The number of ether oxygens (including phenoxy) is 3. The highest BCUT2D eigenvalue weighted by molar-refractivity contribution is 5.71. The zero-order valence-electron chi connectivity index (χ0n) is 43.1. The lowest BCUT2D eigenvalue weighted by Gasteiger charge is -2.18. The molecule has 0 N–H and O–H groups in total. The van der Waals surface area contributed by atoms with Crippen LogP contribution in [0, 0.1) is 0 Å². The Balaban J connectivity index is 4.34. The SMILES string of the molecule is CCCCCC/C=C/CCCCCCCC(=O)OC[C@H](COC(=O)CCCCCCCCC/C=C/CCCCCCCC)OC(=O)CCCCCCCCCCCCCCCCCC. The third kappa shape index (κ3) is 50.9. The summed E-state index contributed by atoms with van der Waals surface area (Å²) in [6, 6.07) is 0. The summed E-state index contributed by atoms with van der Waals surface area (Å²) in [4.78, 5) is 38.1. The van der Waals surface area contributed by atoms with Crippen LogP contribution < -0.4 is 0 Å². The summed E-state index contributed by atoms with van der Waals surface area (Å²) < 4.78 is 16.9. The van der Waals surface area contributed by atoms with E-state index in [1.165, 1.54) is 205 Å². The summed E-state index contributed by atoms with van der Waals surface area (Å²) in [5.74, 6) is -0.866. The van der Waals surface area contributed by atoms with Crippen LogP contribution in [0.1, 0.15) is 310 Å². The Morgan fingerprint density at radius 1 is 0.297 bits per heavy atom. The molecule has 0 heterocycles. The van der Waals surface area contributed by atoms with Crippen LogP contribution in [0.2, 0.25) is 0 Å². The van der Waals surface area contributed by atoms with Crippen molar-refractivity contribution in [3.8, 4) is 0 Å². The van der Waals surface area contributed by atoms with Crippen LogP contribution in [0.5, 0.6) is 0 Å². The fourth-order valence-corrected chi connectivity index (χ4v) is 8.37. The second kappa shape index (κ2) is 53.5. The maximum absolute atomic E-state index is 12.8. The number of unbranched alkanes of at least 4 members (excludes halogenated alkanes) is 37. The van der Waals surface area contributed by atoms with E-state index in [-0.39, 0.29) is 31.1 Å². The zero-order valence-corrected chi connectivity index (χ0v) is 43.1. The van der Waals surface area contributed by atoms with E-state index in [4.69, 9.17) is 14.2 Å². The lowest BCUT2D eigenvalue weighted by atomic mass is 10.0. The summed E-state index contributed by atoms with van der Waals surface area (Å²) in [7, 11) is 0. The first kappa shape index (κ1) is 61.9. The van der Waals surface area contributed by atoms with Gasteiger partial charge >= 0.3 is 17.9 Å². The van der Waals surface area contributed by atoms with Gasteiger partial charge in [-0.05, 0) is 70.6 Å². The highest BCUT2D eigenvalue weighted by Crippen LogP contribution is 2.16. The molecule has 0 aromatic carbocycles. The minimum absolute atomic E-state index is 0.0720. The van der Waals surface area contributed by atoms with E-state index in [0.717, 1.165) is 64.2 Å². The number of hydrogen-bond acceptors (Lipinski definition) is 6. The lowest BCUT2D eigenvalue weighted by molar-refractivity contribution is -0.167. The first-order chi connectivity index (χ1) is 31.5. The van der Waals surface area contributed by atoms with Crippen molar-refractivity contribution in [1.29, 1.82) is 0 Å².